The molecule has 1 amide bonds. The third kappa shape index (κ3) is 4.66. The van der Waals surface area contributed by atoms with Gasteiger partial charge in [-0.3, -0.25) is 9.78 Å². The summed E-state index contributed by atoms with van der Waals surface area (Å²) in [4.78, 5) is 24.2. The molecule has 3 aromatic rings. The van der Waals surface area contributed by atoms with Crippen molar-refractivity contribution < 1.29 is 14.3 Å². The number of aromatic nitrogens is 2. The number of carbonyl (C=O) groups excluding carboxylic acids is 1. The van der Waals surface area contributed by atoms with Crippen LogP contribution in [0, 0.1) is 0 Å². The van der Waals surface area contributed by atoms with Gasteiger partial charge in [0.15, 0.2) is 17.3 Å². The number of anilines is 1. The number of ether oxygens (including phenoxy) is 2. The van der Waals surface area contributed by atoms with Gasteiger partial charge in [-0.15, -0.1) is 0 Å². The summed E-state index contributed by atoms with van der Waals surface area (Å²) >= 11 is 0. The highest BCUT2D eigenvalue weighted by molar-refractivity contribution is 5.94. The van der Waals surface area contributed by atoms with Crippen molar-refractivity contribution in [1.82, 2.24) is 15.3 Å². The number of carbonyl (C=O) groups is 1. The summed E-state index contributed by atoms with van der Waals surface area (Å²) in [5.74, 6) is 2.02. The first-order valence-electron chi connectivity index (χ1n) is 10.9. The molecule has 166 valence electrons. The maximum absolute atomic E-state index is 12.7. The second kappa shape index (κ2) is 10.1. The molecule has 0 saturated carbocycles. The molecule has 1 aliphatic heterocycles. The summed E-state index contributed by atoms with van der Waals surface area (Å²) in [6, 6.07) is 13.1. The van der Waals surface area contributed by atoms with Gasteiger partial charge in [0.25, 0.3) is 5.91 Å². The monoisotopic (exact) mass is 432 g/mol. The molecule has 0 bridgehead atoms. The standard InChI is InChI=1S/C25H28N4O3/c1-31-21-8-6-7-20(23(21)32-2)17-28-25(30)19-11-9-18(10-12-19)22-24(27-14-13-26-22)29-15-4-3-5-16-29/h6-14H,3-5,15-17H2,1-2H3,(H,28,30). The van der Waals surface area contributed by atoms with E-state index in [1.54, 1.807) is 26.6 Å². The highest BCUT2D eigenvalue weighted by Gasteiger charge is 2.18. The third-order valence-electron chi connectivity index (χ3n) is 5.68. The van der Waals surface area contributed by atoms with Gasteiger partial charge >= 0.3 is 0 Å². The van der Waals surface area contributed by atoms with E-state index in [-0.39, 0.29) is 5.91 Å². The van der Waals surface area contributed by atoms with Crippen LogP contribution >= 0.6 is 0 Å². The van der Waals surface area contributed by atoms with Crippen LogP contribution in [0.2, 0.25) is 0 Å². The zero-order valence-corrected chi connectivity index (χ0v) is 18.5. The van der Waals surface area contributed by atoms with Crippen molar-refractivity contribution in [3.05, 3.63) is 66.0 Å². The Balaban J connectivity index is 1.47. The molecule has 2 heterocycles. The summed E-state index contributed by atoms with van der Waals surface area (Å²) in [7, 11) is 3.18. The minimum Gasteiger partial charge on any atom is -0.493 e. The van der Waals surface area contributed by atoms with Gasteiger partial charge in [-0.2, -0.15) is 0 Å². The Morgan fingerprint density at radius 1 is 0.969 bits per heavy atom. The third-order valence-corrected chi connectivity index (χ3v) is 5.68. The lowest BCUT2D eigenvalue weighted by Gasteiger charge is -2.28. The second-order valence-corrected chi connectivity index (χ2v) is 7.69. The number of methoxy groups -OCH3 is 2. The predicted octanol–water partition coefficient (Wildman–Crippen LogP) is 4.08. The van der Waals surface area contributed by atoms with Crippen molar-refractivity contribution in [2.45, 2.75) is 25.8 Å². The number of benzene rings is 2. The molecule has 1 aromatic heterocycles. The first kappa shape index (κ1) is 21.6. The van der Waals surface area contributed by atoms with E-state index < -0.39 is 0 Å². The lowest BCUT2D eigenvalue weighted by molar-refractivity contribution is 0.0950. The number of para-hydroxylation sites is 1. The molecule has 1 N–H and O–H groups in total. The molecule has 7 nitrogen and oxygen atoms in total. The number of hydrogen-bond acceptors (Lipinski definition) is 6. The number of amides is 1. The molecule has 2 aromatic carbocycles. The van der Waals surface area contributed by atoms with Gasteiger partial charge < -0.3 is 19.7 Å². The minimum absolute atomic E-state index is 0.156. The summed E-state index contributed by atoms with van der Waals surface area (Å²) in [6.45, 7) is 2.34. The van der Waals surface area contributed by atoms with E-state index in [1.807, 2.05) is 42.5 Å². The molecule has 0 unspecified atom stereocenters. The highest BCUT2D eigenvalue weighted by Crippen LogP contribution is 2.31. The average molecular weight is 433 g/mol. The van der Waals surface area contributed by atoms with E-state index in [0.717, 1.165) is 35.7 Å². The second-order valence-electron chi connectivity index (χ2n) is 7.69. The Morgan fingerprint density at radius 3 is 2.44 bits per heavy atom. The molecular weight excluding hydrogens is 404 g/mol. The fourth-order valence-electron chi connectivity index (χ4n) is 4.02. The molecule has 1 fully saturated rings. The number of piperidine rings is 1. The fraction of sp³-hybridized carbons (Fsp3) is 0.320. The van der Waals surface area contributed by atoms with Crippen molar-refractivity contribution in [3.63, 3.8) is 0 Å². The summed E-state index contributed by atoms with van der Waals surface area (Å²) in [5.41, 5.74) is 3.23. The topological polar surface area (TPSA) is 76.6 Å². The molecule has 1 saturated heterocycles. The predicted molar refractivity (Wildman–Crippen MR) is 124 cm³/mol. The molecule has 0 atom stereocenters. The Labute approximate surface area is 188 Å². The quantitative estimate of drug-likeness (QED) is 0.606. The van der Waals surface area contributed by atoms with Crippen LogP contribution in [0.4, 0.5) is 5.82 Å². The van der Waals surface area contributed by atoms with E-state index in [4.69, 9.17) is 9.47 Å². The zero-order chi connectivity index (χ0) is 22.3. The zero-order valence-electron chi connectivity index (χ0n) is 18.5. The summed E-state index contributed by atoms with van der Waals surface area (Å²) in [5, 5.41) is 2.95. The van der Waals surface area contributed by atoms with E-state index in [9.17, 15) is 4.79 Å². The average Bonchev–Trinajstić information content (AvgIpc) is 2.87. The van der Waals surface area contributed by atoms with Crippen LogP contribution in [0.5, 0.6) is 11.5 Å². The van der Waals surface area contributed by atoms with Gasteiger partial charge in [0.2, 0.25) is 0 Å². The first-order valence-corrected chi connectivity index (χ1v) is 10.9. The SMILES string of the molecule is COc1cccc(CNC(=O)c2ccc(-c3nccnc3N3CCCCC3)cc2)c1OC. The van der Waals surface area contributed by atoms with Crippen molar-refractivity contribution in [3.8, 4) is 22.8 Å². The van der Waals surface area contributed by atoms with Crippen LogP contribution in [-0.4, -0.2) is 43.2 Å². The number of nitrogens with zero attached hydrogens (tertiary/aromatic N) is 3. The van der Waals surface area contributed by atoms with Crippen molar-refractivity contribution in [1.29, 1.82) is 0 Å². The molecule has 0 spiro atoms. The molecule has 4 rings (SSSR count). The molecule has 7 heteroatoms. The van der Waals surface area contributed by atoms with Crippen molar-refractivity contribution in [2.24, 2.45) is 0 Å². The van der Waals surface area contributed by atoms with E-state index in [1.165, 1.54) is 19.3 Å². The van der Waals surface area contributed by atoms with Gasteiger partial charge in [0.1, 0.15) is 5.69 Å². The number of rotatable bonds is 7. The maximum Gasteiger partial charge on any atom is 0.251 e. The Hall–Kier alpha value is -3.61. The van der Waals surface area contributed by atoms with Gasteiger partial charge in [0, 0.05) is 48.7 Å². The van der Waals surface area contributed by atoms with Crippen LogP contribution in [0.25, 0.3) is 11.3 Å². The Bertz CT molecular complexity index is 1060. The largest absolute Gasteiger partial charge is 0.493 e. The fourth-order valence-corrected chi connectivity index (χ4v) is 4.02. The highest BCUT2D eigenvalue weighted by atomic mass is 16.5. The lowest BCUT2D eigenvalue weighted by atomic mass is 10.1. The van der Waals surface area contributed by atoms with Crippen LogP contribution < -0.4 is 19.7 Å². The smallest absolute Gasteiger partial charge is 0.251 e. The van der Waals surface area contributed by atoms with E-state index >= 15 is 0 Å². The van der Waals surface area contributed by atoms with Crippen LogP contribution in [0.15, 0.2) is 54.9 Å². The lowest BCUT2D eigenvalue weighted by Crippen LogP contribution is -2.30. The molecule has 0 radical (unpaired) electrons. The van der Waals surface area contributed by atoms with Crippen molar-refractivity contribution in [2.75, 3.05) is 32.2 Å². The Morgan fingerprint density at radius 2 is 1.72 bits per heavy atom. The molecule has 0 aliphatic carbocycles. The number of hydrogen-bond donors (Lipinski definition) is 1. The maximum atomic E-state index is 12.7. The van der Waals surface area contributed by atoms with Gasteiger partial charge in [-0.25, -0.2) is 4.98 Å². The Kier molecular flexibility index (Phi) is 6.84. The van der Waals surface area contributed by atoms with Gasteiger partial charge in [-0.1, -0.05) is 24.3 Å². The van der Waals surface area contributed by atoms with Gasteiger partial charge in [-0.05, 0) is 37.5 Å². The summed E-state index contributed by atoms with van der Waals surface area (Å²) < 4.78 is 10.8. The first-order chi connectivity index (χ1) is 15.7. The van der Waals surface area contributed by atoms with E-state index in [0.29, 0.717) is 23.6 Å². The molecule has 1 aliphatic rings. The molecular formula is C25H28N4O3. The van der Waals surface area contributed by atoms with Crippen LogP contribution in [0.1, 0.15) is 35.2 Å². The van der Waals surface area contributed by atoms with Crippen molar-refractivity contribution >= 4 is 11.7 Å². The number of nitrogens with one attached hydrogen (secondary N) is 1. The normalized spacial score (nSPS) is 13.5. The summed E-state index contributed by atoms with van der Waals surface area (Å²) in [6.07, 6.45) is 7.06. The van der Waals surface area contributed by atoms with Crippen LogP contribution in [0.3, 0.4) is 0 Å². The molecule has 32 heavy (non-hydrogen) atoms. The van der Waals surface area contributed by atoms with E-state index in [2.05, 4.69) is 20.2 Å². The minimum atomic E-state index is -0.156. The van der Waals surface area contributed by atoms with Crippen LogP contribution in [-0.2, 0) is 6.54 Å². The van der Waals surface area contributed by atoms with Gasteiger partial charge in [0.05, 0.1) is 14.2 Å².